The summed E-state index contributed by atoms with van der Waals surface area (Å²) in [6.45, 7) is 7.85. The first-order valence-corrected chi connectivity index (χ1v) is 14.4. The number of rotatable bonds is 13. The van der Waals surface area contributed by atoms with Gasteiger partial charge < -0.3 is 30.3 Å². The molecule has 1 aliphatic rings. The fraction of sp³-hybridized carbons (Fsp3) is 0.516. The second-order valence-electron chi connectivity index (χ2n) is 10.8. The first kappa shape index (κ1) is 33.1. The molecule has 0 bridgehead atoms. The number of aliphatic hydroxyl groups is 1. The first-order valence-electron chi connectivity index (χ1n) is 14.4. The van der Waals surface area contributed by atoms with E-state index in [-0.39, 0.29) is 42.5 Å². The van der Waals surface area contributed by atoms with Crippen molar-refractivity contribution in [3.8, 4) is 0 Å². The van der Waals surface area contributed by atoms with Crippen LogP contribution in [0.3, 0.4) is 0 Å². The Morgan fingerprint density at radius 2 is 1.71 bits per heavy atom. The van der Waals surface area contributed by atoms with E-state index in [0.717, 1.165) is 31.0 Å². The highest BCUT2D eigenvalue weighted by atomic mass is 19.1. The molecular weight excluding hydrogens is 546 g/mol. The van der Waals surface area contributed by atoms with E-state index in [9.17, 15) is 28.3 Å². The normalized spacial score (nSPS) is 16.5. The van der Waals surface area contributed by atoms with Crippen molar-refractivity contribution < 1.29 is 33.0 Å². The highest BCUT2D eigenvalue weighted by molar-refractivity contribution is 6.00. The number of nitrogens with one attached hydrogen (secondary N) is 2. The molecular formula is C31H42F2N4O5. The minimum absolute atomic E-state index is 0.0792. The number of benzene rings is 2. The van der Waals surface area contributed by atoms with Gasteiger partial charge >= 0.3 is 0 Å². The Labute approximate surface area is 246 Å². The van der Waals surface area contributed by atoms with Crippen LogP contribution in [-0.2, 0) is 16.0 Å². The molecule has 0 aliphatic carbocycles. The van der Waals surface area contributed by atoms with Gasteiger partial charge in [0.2, 0.25) is 5.91 Å². The molecule has 1 saturated heterocycles. The Bertz CT molecular complexity index is 1220. The molecule has 1 heterocycles. The molecule has 42 heavy (non-hydrogen) atoms. The molecule has 3 N–H and O–H groups in total. The minimum Gasteiger partial charge on any atom is -0.389 e. The van der Waals surface area contributed by atoms with Crippen LogP contribution in [-0.4, -0.2) is 97.3 Å². The van der Waals surface area contributed by atoms with E-state index in [1.165, 1.54) is 13.2 Å². The number of piperazine rings is 1. The molecule has 0 aromatic heterocycles. The minimum atomic E-state index is -1.23. The lowest BCUT2D eigenvalue weighted by Gasteiger charge is -2.38. The van der Waals surface area contributed by atoms with Gasteiger partial charge in [-0.15, -0.1) is 0 Å². The zero-order chi connectivity index (χ0) is 30.8. The molecule has 0 saturated carbocycles. The van der Waals surface area contributed by atoms with Gasteiger partial charge in [-0.2, -0.15) is 0 Å². The fourth-order valence-electron chi connectivity index (χ4n) is 5.30. The van der Waals surface area contributed by atoms with Crippen LogP contribution in [0, 0.1) is 18.6 Å². The van der Waals surface area contributed by atoms with Gasteiger partial charge in [0.1, 0.15) is 18.2 Å². The number of aliphatic hydroxyl groups excluding tert-OH is 1. The van der Waals surface area contributed by atoms with E-state index < -0.39 is 35.7 Å². The van der Waals surface area contributed by atoms with Crippen LogP contribution in [0.25, 0.3) is 0 Å². The van der Waals surface area contributed by atoms with Crippen molar-refractivity contribution in [3.63, 3.8) is 0 Å². The molecule has 1 unspecified atom stereocenters. The fourth-order valence-corrected chi connectivity index (χ4v) is 5.30. The van der Waals surface area contributed by atoms with Crippen molar-refractivity contribution in [3.05, 3.63) is 70.3 Å². The summed E-state index contributed by atoms with van der Waals surface area (Å²) in [5, 5.41) is 17.5. The van der Waals surface area contributed by atoms with Crippen molar-refractivity contribution in [2.45, 2.75) is 58.2 Å². The summed E-state index contributed by atoms with van der Waals surface area (Å²) in [5.41, 5.74) is 1.56. The van der Waals surface area contributed by atoms with E-state index in [1.807, 2.05) is 13.8 Å². The zero-order valence-electron chi connectivity index (χ0n) is 24.8. The van der Waals surface area contributed by atoms with Crippen molar-refractivity contribution in [2.75, 3.05) is 46.4 Å². The summed E-state index contributed by atoms with van der Waals surface area (Å²) in [6, 6.07) is 6.34. The molecule has 2 aromatic rings. The summed E-state index contributed by atoms with van der Waals surface area (Å²) >= 11 is 0. The number of hydrogen-bond donors (Lipinski definition) is 3. The van der Waals surface area contributed by atoms with Crippen molar-refractivity contribution in [2.24, 2.45) is 0 Å². The van der Waals surface area contributed by atoms with Crippen LogP contribution in [0.1, 0.15) is 58.5 Å². The van der Waals surface area contributed by atoms with Crippen LogP contribution in [0.4, 0.5) is 8.78 Å². The summed E-state index contributed by atoms with van der Waals surface area (Å²) in [6.07, 6.45) is 0.294. The molecule has 0 spiro atoms. The van der Waals surface area contributed by atoms with E-state index >= 15 is 0 Å². The summed E-state index contributed by atoms with van der Waals surface area (Å²) < 4.78 is 33.0. The number of aryl methyl sites for hydroxylation is 1. The average molecular weight is 589 g/mol. The standard InChI is InChI=1S/C31H42F2N4O5/c1-5-8-36(9-6-2)31(41)23-12-20(3)11-22(16-23)30(40)35-26(15-21-13-24(32)17-25(33)14-21)29(39)27-18-37(10-7-34-27)28(38)19-42-4/h11-14,16-17,26-27,29,34,39H,5-10,15,18-19H2,1-4H3,(H,35,40)/t26-,27+,29?/m0/s1. The molecule has 1 aliphatic heterocycles. The van der Waals surface area contributed by atoms with E-state index in [0.29, 0.717) is 37.3 Å². The second-order valence-corrected chi connectivity index (χ2v) is 10.8. The Morgan fingerprint density at radius 1 is 1.07 bits per heavy atom. The highest BCUT2D eigenvalue weighted by Crippen LogP contribution is 2.18. The number of amides is 3. The monoisotopic (exact) mass is 588 g/mol. The van der Waals surface area contributed by atoms with Gasteiger partial charge in [-0.3, -0.25) is 14.4 Å². The Morgan fingerprint density at radius 3 is 2.33 bits per heavy atom. The topological polar surface area (TPSA) is 111 Å². The van der Waals surface area contributed by atoms with Gasteiger partial charge in [0.05, 0.1) is 18.2 Å². The smallest absolute Gasteiger partial charge is 0.253 e. The number of carbonyl (C=O) groups is 3. The number of carbonyl (C=O) groups excluding carboxylic acids is 3. The molecule has 1 fully saturated rings. The second kappa shape index (κ2) is 15.7. The van der Waals surface area contributed by atoms with E-state index in [2.05, 4.69) is 10.6 Å². The predicted octanol–water partition coefficient (Wildman–Crippen LogP) is 2.68. The number of methoxy groups -OCH3 is 1. The van der Waals surface area contributed by atoms with Crippen LogP contribution in [0.15, 0.2) is 36.4 Å². The molecule has 3 atom stereocenters. The maximum Gasteiger partial charge on any atom is 0.253 e. The third-order valence-corrected chi connectivity index (χ3v) is 7.21. The van der Waals surface area contributed by atoms with Crippen molar-refractivity contribution in [1.82, 2.24) is 20.4 Å². The molecule has 11 heteroatoms. The summed E-state index contributed by atoms with van der Waals surface area (Å²) in [4.78, 5) is 42.6. The van der Waals surface area contributed by atoms with Crippen molar-refractivity contribution in [1.29, 1.82) is 0 Å². The lowest BCUT2D eigenvalue weighted by molar-refractivity contribution is -0.137. The first-order chi connectivity index (χ1) is 20.1. The van der Waals surface area contributed by atoms with E-state index in [4.69, 9.17) is 4.74 Å². The zero-order valence-corrected chi connectivity index (χ0v) is 24.8. The summed E-state index contributed by atoms with van der Waals surface area (Å²) in [5.74, 6) is -2.50. The molecule has 3 rings (SSSR count). The van der Waals surface area contributed by atoms with E-state index in [1.54, 1.807) is 28.9 Å². The van der Waals surface area contributed by atoms with Crippen LogP contribution >= 0.6 is 0 Å². The third-order valence-electron chi connectivity index (χ3n) is 7.21. The number of ether oxygens (including phenoxy) is 1. The summed E-state index contributed by atoms with van der Waals surface area (Å²) in [7, 11) is 1.42. The predicted molar refractivity (Wildman–Crippen MR) is 155 cm³/mol. The molecule has 0 radical (unpaired) electrons. The van der Waals surface area contributed by atoms with Gasteiger partial charge in [-0.1, -0.05) is 13.8 Å². The molecule has 2 aromatic carbocycles. The number of halogens is 2. The van der Waals surface area contributed by atoms with Gasteiger partial charge in [0, 0.05) is 57.0 Å². The molecule has 3 amide bonds. The quantitative estimate of drug-likeness (QED) is 0.332. The largest absolute Gasteiger partial charge is 0.389 e. The lowest BCUT2D eigenvalue weighted by Crippen LogP contribution is -2.62. The van der Waals surface area contributed by atoms with Crippen LogP contribution in [0.2, 0.25) is 0 Å². The Hall–Kier alpha value is -3.41. The maximum absolute atomic E-state index is 14.0. The lowest BCUT2D eigenvalue weighted by atomic mass is 9.94. The molecule has 9 nitrogen and oxygen atoms in total. The average Bonchev–Trinajstić information content (AvgIpc) is 2.95. The Kier molecular flexibility index (Phi) is 12.4. The van der Waals surface area contributed by atoms with Gasteiger partial charge in [-0.05, 0) is 67.6 Å². The van der Waals surface area contributed by atoms with Gasteiger partial charge in [0.25, 0.3) is 11.8 Å². The van der Waals surface area contributed by atoms with Crippen molar-refractivity contribution >= 4 is 17.7 Å². The van der Waals surface area contributed by atoms with Crippen LogP contribution < -0.4 is 10.6 Å². The van der Waals surface area contributed by atoms with Gasteiger partial charge in [-0.25, -0.2) is 8.78 Å². The third kappa shape index (κ3) is 9.04. The Balaban J connectivity index is 1.89. The SMILES string of the molecule is CCCN(CCC)C(=O)c1cc(C)cc(C(=O)N[C@@H](Cc2cc(F)cc(F)c2)C(O)[C@H]2CN(C(=O)COC)CCN2)c1. The van der Waals surface area contributed by atoms with Crippen LogP contribution in [0.5, 0.6) is 0 Å². The molecule has 230 valence electrons. The number of hydrogen-bond acceptors (Lipinski definition) is 6. The highest BCUT2D eigenvalue weighted by Gasteiger charge is 2.34. The number of nitrogens with zero attached hydrogens (tertiary/aromatic N) is 2. The maximum atomic E-state index is 14.0. The van der Waals surface area contributed by atoms with Gasteiger partial charge in [0.15, 0.2) is 0 Å².